The first-order valence-corrected chi connectivity index (χ1v) is 5.25. The van der Waals surface area contributed by atoms with E-state index in [0.717, 1.165) is 5.56 Å². The monoisotopic (exact) mass is 236 g/mol. The van der Waals surface area contributed by atoms with E-state index in [1.165, 1.54) is 12.3 Å². The van der Waals surface area contributed by atoms with Crippen molar-refractivity contribution in [2.75, 3.05) is 7.05 Å². The number of para-hydroxylation sites is 1. The van der Waals surface area contributed by atoms with Gasteiger partial charge >= 0.3 is 0 Å². The van der Waals surface area contributed by atoms with Crippen molar-refractivity contribution in [1.29, 1.82) is 0 Å². The molecule has 0 amide bonds. The van der Waals surface area contributed by atoms with Gasteiger partial charge in [-0.2, -0.15) is 0 Å². The Hall–Kier alpha value is -1.88. The number of halogens is 1. The first-order valence-electron chi connectivity index (χ1n) is 5.25. The quantitative estimate of drug-likeness (QED) is 0.863. The van der Waals surface area contributed by atoms with Gasteiger partial charge in [0.05, 0.1) is 6.20 Å². The van der Waals surface area contributed by atoms with E-state index >= 15 is 0 Å². The van der Waals surface area contributed by atoms with Crippen LogP contribution in [0.2, 0.25) is 0 Å². The van der Waals surface area contributed by atoms with Gasteiger partial charge in [0.15, 0.2) is 17.3 Å². The smallest absolute Gasteiger partial charge is 0.174 e. The predicted molar refractivity (Wildman–Crippen MR) is 60.0 cm³/mol. The molecule has 90 valence electrons. The zero-order chi connectivity index (χ0) is 12.1. The fraction of sp³-hybridized carbons (Fsp3) is 0.250. The minimum Gasteiger partial charge on any atom is -0.482 e. The highest BCUT2D eigenvalue weighted by Gasteiger charge is 2.10. The summed E-state index contributed by atoms with van der Waals surface area (Å²) in [5.74, 6) is 0.430. The topological polar surface area (TPSA) is 47.3 Å². The summed E-state index contributed by atoms with van der Waals surface area (Å²) in [6.07, 6.45) is 1.52. The van der Waals surface area contributed by atoms with Crippen molar-refractivity contribution in [1.82, 2.24) is 10.5 Å². The third-order valence-electron chi connectivity index (χ3n) is 2.27. The predicted octanol–water partition coefficient (Wildman–Crippen LogP) is 2.11. The molecular weight excluding hydrogens is 223 g/mol. The molecule has 0 aliphatic rings. The number of benzene rings is 1. The molecule has 0 aliphatic carbocycles. The van der Waals surface area contributed by atoms with E-state index in [1.807, 2.05) is 6.07 Å². The average Bonchev–Trinajstić information content (AvgIpc) is 2.82. The largest absolute Gasteiger partial charge is 0.482 e. The van der Waals surface area contributed by atoms with Crippen LogP contribution in [-0.4, -0.2) is 12.2 Å². The van der Waals surface area contributed by atoms with Gasteiger partial charge in [0.2, 0.25) is 0 Å². The first-order chi connectivity index (χ1) is 8.31. The van der Waals surface area contributed by atoms with Gasteiger partial charge in [-0.1, -0.05) is 17.3 Å². The van der Waals surface area contributed by atoms with E-state index in [2.05, 4.69) is 10.5 Å². The maximum Gasteiger partial charge on any atom is 0.174 e. The molecule has 1 aromatic heterocycles. The Morgan fingerprint density at radius 1 is 1.41 bits per heavy atom. The van der Waals surface area contributed by atoms with Gasteiger partial charge in [0.25, 0.3) is 0 Å². The van der Waals surface area contributed by atoms with Crippen molar-refractivity contribution in [3.63, 3.8) is 0 Å². The number of nitrogens with zero attached hydrogens (tertiary/aromatic N) is 1. The van der Waals surface area contributed by atoms with Crippen LogP contribution in [0.15, 0.2) is 35.0 Å². The Morgan fingerprint density at radius 3 is 3.00 bits per heavy atom. The van der Waals surface area contributed by atoms with E-state index in [9.17, 15) is 4.39 Å². The second kappa shape index (κ2) is 5.45. The van der Waals surface area contributed by atoms with Gasteiger partial charge in [-0.05, 0) is 13.1 Å². The minimum absolute atomic E-state index is 0.164. The van der Waals surface area contributed by atoms with Crippen molar-refractivity contribution >= 4 is 0 Å². The van der Waals surface area contributed by atoms with Crippen molar-refractivity contribution in [3.05, 3.63) is 47.6 Å². The van der Waals surface area contributed by atoms with Crippen molar-refractivity contribution < 1.29 is 13.7 Å². The summed E-state index contributed by atoms with van der Waals surface area (Å²) in [7, 11) is 1.80. The van der Waals surface area contributed by atoms with Crippen LogP contribution in [-0.2, 0) is 13.2 Å². The molecule has 0 fully saturated rings. The molecule has 1 heterocycles. The lowest BCUT2D eigenvalue weighted by Gasteiger charge is -2.10. The summed E-state index contributed by atoms with van der Waals surface area (Å²) < 4.78 is 23.9. The van der Waals surface area contributed by atoms with Gasteiger partial charge in [0.1, 0.15) is 6.61 Å². The second-order valence-electron chi connectivity index (χ2n) is 3.53. The molecule has 0 unspecified atom stereocenters. The number of nitrogens with one attached hydrogen (secondary N) is 1. The molecule has 0 atom stereocenters. The average molecular weight is 236 g/mol. The molecule has 17 heavy (non-hydrogen) atoms. The Labute approximate surface area is 98.4 Å². The summed E-state index contributed by atoms with van der Waals surface area (Å²) in [6.45, 7) is 0.709. The molecule has 1 N–H and O–H groups in total. The first kappa shape index (κ1) is 11.6. The highest BCUT2D eigenvalue weighted by Crippen LogP contribution is 2.23. The lowest BCUT2D eigenvalue weighted by molar-refractivity contribution is 0.238. The number of hydrogen-bond donors (Lipinski definition) is 1. The third kappa shape index (κ3) is 2.82. The molecule has 0 saturated carbocycles. The number of hydrogen-bond acceptors (Lipinski definition) is 4. The molecule has 1 aromatic carbocycles. The van der Waals surface area contributed by atoms with Gasteiger partial charge < -0.3 is 14.6 Å². The van der Waals surface area contributed by atoms with Crippen LogP contribution < -0.4 is 10.1 Å². The van der Waals surface area contributed by atoms with Crippen LogP contribution in [0.25, 0.3) is 0 Å². The maximum absolute atomic E-state index is 13.6. The molecule has 2 rings (SSSR count). The summed E-state index contributed by atoms with van der Waals surface area (Å²) in [5, 5.41) is 6.52. The molecular formula is C12H13FN2O2. The van der Waals surface area contributed by atoms with Crippen LogP contribution in [0.5, 0.6) is 5.75 Å². The van der Waals surface area contributed by atoms with Gasteiger partial charge in [-0.15, -0.1) is 0 Å². The van der Waals surface area contributed by atoms with Crippen molar-refractivity contribution in [2.24, 2.45) is 0 Å². The fourth-order valence-corrected chi connectivity index (χ4v) is 1.50. The minimum atomic E-state index is -0.378. The van der Waals surface area contributed by atoms with E-state index in [1.54, 1.807) is 19.2 Å². The molecule has 0 spiro atoms. The molecule has 5 heteroatoms. The van der Waals surface area contributed by atoms with Gasteiger partial charge in [-0.3, -0.25) is 0 Å². The molecule has 0 radical (unpaired) electrons. The van der Waals surface area contributed by atoms with E-state index in [-0.39, 0.29) is 18.2 Å². The van der Waals surface area contributed by atoms with Crippen molar-refractivity contribution in [3.8, 4) is 5.75 Å². The van der Waals surface area contributed by atoms with E-state index < -0.39 is 0 Å². The molecule has 0 bridgehead atoms. The number of aromatic nitrogens is 1. The van der Waals surface area contributed by atoms with Crippen molar-refractivity contribution in [2.45, 2.75) is 13.2 Å². The maximum atomic E-state index is 13.6. The Balaban J connectivity index is 2.13. The summed E-state index contributed by atoms with van der Waals surface area (Å²) >= 11 is 0. The second-order valence-corrected chi connectivity index (χ2v) is 3.53. The normalized spacial score (nSPS) is 10.5. The third-order valence-corrected chi connectivity index (χ3v) is 2.27. The molecule has 0 saturated heterocycles. The fourth-order valence-electron chi connectivity index (χ4n) is 1.50. The van der Waals surface area contributed by atoms with Crippen LogP contribution in [0, 0.1) is 5.82 Å². The van der Waals surface area contributed by atoms with E-state index in [0.29, 0.717) is 12.3 Å². The van der Waals surface area contributed by atoms with Crippen LogP contribution in [0.1, 0.15) is 11.3 Å². The number of rotatable bonds is 5. The Kier molecular flexibility index (Phi) is 3.72. The molecule has 4 nitrogen and oxygen atoms in total. The highest BCUT2D eigenvalue weighted by atomic mass is 19.1. The zero-order valence-electron chi connectivity index (χ0n) is 9.44. The number of ether oxygens (including phenoxy) is 1. The Morgan fingerprint density at radius 2 is 2.29 bits per heavy atom. The summed E-state index contributed by atoms with van der Waals surface area (Å²) in [6, 6.07) is 6.52. The molecule has 2 aromatic rings. The lowest BCUT2D eigenvalue weighted by atomic mass is 10.2. The van der Waals surface area contributed by atoms with E-state index in [4.69, 9.17) is 9.26 Å². The van der Waals surface area contributed by atoms with Crippen LogP contribution in [0.3, 0.4) is 0 Å². The zero-order valence-corrected chi connectivity index (χ0v) is 9.44. The standard InChI is InChI=1S/C12H13FN2O2/c1-14-7-9-3-2-4-11(13)12(9)16-8-10-5-6-15-17-10/h2-6,14H,7-8H2,1H3. The SMILES string of the molecule is CNCc1cccc(F)c1OCc1ccno1. The van der Waals surface area contributed by atoms with Gasteiger partial charge in [-0.25, -0.2) is 4.39 Å². The summed E-state index contributed by atoms with van der Waals surface area (Å²) in [5.41, 5.74) is 0.770. The summed E-state index contributed by atoms with van der Waals surface area (Å²) in [4.78, 5) is 0. The Bertz CT molecular complexity index is 471. The van der Waals surface area contributed by atoms with Crippen LogP contribution in [0.4, 0.5) is 4.39 Å². The molecule has 0 aliphatic heterocycles. The van der Waals surface area contributed by atoms with Gasteiger partial charge in [0, 0.05) is 18.2 Å². The highest BCUT2D eigenvalue weighted by molar-refractivity contribution is 5.34. The van der Waals surface area contributed by atoms with Crippen LogP contribution >= 0.6 is 0 Å². The lowest BCUT2D eigenvalue weighted by Crippen LogP contribution is -2.08.